The Bertz CT molecular complexity index is 1100. The number of rotatable bonds is 5. The summed E-state index contributed by atoms with van der Waals surface area (Å²) in [6, 6.07) is 12.7. The van der Waals surface area contributed by atoms with E-state index in [-0.39, 0.29) is 43.5 Å². The standard InChI is InChI=1S/C25H27N3O5/c1-15(24(30)27-20-8-4-6-16-5-2-3-7-19(16)20)26-25(31)17-11-23(29)28(13-17)18-9-10-21-22(12-18)33-14-32-21/h2-3,5,7,9-10,12,15,17,20H,4,6,8,11,13-14H2,1H3,(H,26,31)(H,27,30)/t15-,17+,20-/m0/s1. The molecule has 3 aliphatic rings. The summed E-state index contributed by atoms with van der Waals surface area (Å²) < 4.78 is 10.7. The molecule has 33 heavy (non-hydrogen) atoms. The average Bonchev–Trinajstić information content (AvgIpc) is 3.45. The molecule has 5 rings (SSSR count). The minimum absolute atomic E-state index is 0.0450. The summed E-state index contributed by atoms with van der Waals surface area (Å²) in [5, 5.41) is 5.88. The molecule has 8 nitrogen and oxygen atoms in total. The molecule has 2 N–H and O–H groups in total. The van der Waals surface area contributed by atoms with Crippen molar-refractivity contribution in [1.82, 2.24) is 10.6 Å². The van der Waals surface area contributed by atoms with Crippen LogP contribution in [0, 0.1) is 5.92 Å². The lowest BCUT2D eigenvalue weighted by atomic mass is 9.87. The van der Waals surface area contributed by atoms with E-state index in [0.717, 1.165) is 24.8 Å². The molecule has 3 atom stereocenters. The fourth-order valence-electron chi connectivity index (χ4n) is 4.78. The molecule has 1 aliphatic carbocycles. The summed E-state index contributed by atoms with van der Waals surface area (Å²) in [5.41, 5.74) is 3.08. The number of hydrogen-bond donors (Lipinski definition) is 2. The number of carbonyl (C=O) groups is 3. The molecule has 0 bridgehead atoms. The lowest BCUT2D eigenvalue weighted by molar-refractivity contribution is -0.131. The predicted molar refractivity (Wildman–Crippen MR) is 121 cm³/mol. The Morgan fingerprint density at radius 3 is 2.82 bits per heavy atom. The van der Waals surface area contributed by atoms with Crippen molar-refractivity contribution in [2.24, 2.45) is 5.92 Å². The molecule has 0 aromatic heterocycles. The zero-order valence-electron chi connectivity index (χ0n) is 18.5. The topological polar surface area (TPSA) is 97.0 Å². The number of aryl methyl sites for hydroxylation is 1. The van der Waals surface area contributed by atoms with Gasteiger partial charge in [0.2, 0.25) is 24.5 Å². The second-order valence-electron chi connectivity index (χ2n) is 8.83. The van der Waals surface area contributed by atoms with Gasteiger partial charge in [-0.2, -0.15) is 0 Å². The van der Waals surface area contributed by atoms with Gasteiger partial charge < -0.3 is 25.0 Å². The summed E-state index contributed by atoms with van der Waals surface area (Å²) in [7, 11) is 0. The first-order chi connectivity index (χ1) is 16.0. The highest BCUT2D eigenvalue weighted by atomic mass is 16.7. The molecule has 172 valence electrons. The quantitative estimate of drug-likeness (QED) is 0.731. The molecule has 8 heteroatoms. The van der Waals surface area contributed by atoms with Gasteiger partial charge in [0, 0.05) is 24.7 Å². The molecular formula is C25H27N3O5. The van der Waals surface area contributed by atoms with E-state index in [2.05, 4.69) is 22.8 Å². The monoisotopic (exact) mass is 449 g/mol. The molecule has 0 spiro atoms. The third-order valence-corrected chi connectivity index (χ3v) is 6.60. The number of benzene rings is 2. The molecule has 2 aromatic carbocycles. The fraction of sp³-hybridized carbons (Fsp3) is 0.400. The minimum Gasteiger partial charge on any atom is -0.454 e. The van der Waals surface area contributed by atoms with Gasteiger partial charge in [-0.05, 0) is 49.4 Å². The molecule has 0 saturated carbocycles. The van der Waals surface area contributed by atoms with E-state index in [4.69, 9.17) is 9.47 Å². The number of fused-ring (bicyclic) bond motifs is 2. The third kappa shape index (κ3) is 4.25. The Kier molecular flexibility index (Phi) is 5.66. The Morgan fingerprint density at radius 2 is 1.94 bits per heavy atom. The second kappa shape index (κ2) is 8.77. The number of amides is 3. The molecule has 1 fully saturated rings. The third-order valence-electron chi connectivity index (χ3n) is 6.60. The molecule has 0 unspecified atom stereocenters. The maximum absolute atomic E-state index is 12.8. The van der Waals surface area contributed by atoms with E-state index in [1.165, 1.54) is 5.56 Å². The molecule has 3 amide bonds. The number of carbonyl (C=O) groups excluding carboxylic acids is 3. The summed E-state index contributed by atoms with van der Waals surface area (Å²) >= 11 is 0. The van der Waals surface area contributed by atoms with Crippen LogP contribution in [0.2, 0.25) is 0 Å². The van der Waals surface area contributed by atoms with Gasteiger partial charge in [0.15, 0.2) is 11.5 Å². The largest absolute Gasteiger partial charge is 0.454 e. The van der Waals surface area contributed by atoms with Gasteiger partial charge in [0.25, 0.3) is 0 Å². The Hall–Kier alpha value is -3.55. The minimum atomic E-state index is -0.693. The van der Waals surface area contributed by atoms with Crippen molar-refractivity contribution >= 4 is 23.4 Å². The van der Waals surface area contributed by atoms with E-state index >= 15 is 0 Å². The van der Waals surface area contributed by atoms with Crippen LogP contribution >= 0.6 is 0 Å². The fourth-order valence-corrected chi connectivity index (χ4v) is 4.78. The van der Waals surface area contributed by atoms with Crippen LogP contribution in [-0.2, 0) is 20.8 Å². The van der Waals surface area contributed by atoms with Crippen molar-refractivity contribution in [3.8, 4) is 11.5 Å². The van der Waals surface area contributed by atoms with Gasteiger partial charge in [0.05, 0.1) is 12.0 Å². The maximum Gasteiger partial charge on any atom is 0.242 e. The van der Waals surface area contributed by atoms with Crippen LogP contribution in [0.3, 0.4) is 0 Å². The average molecular weight is 450 g/mol. The van der Waals surface area contributed by atoms with Gasteiger partial charge in [-0.15, -0.1) is 0 Å². The van der Waals surface area contributed by atoms with Crippen molar-refractivity contribution in [3.63, 3.8) is 0 Å². The van der Waals surface area contributed by atoms with Gasteiger partial charge in [-0.1, -0.05) is 24.3 Å². The van der Waals surface area contributed by atoms with Crippen LogP contribution in [-0.4, -0.2) is 37.1 Å². The summed E-state index contributed by atoms with van der Waals surface area (Å²) in [4.78, 5) is 39.8. The van der Waals surface area contributed by atoms with Crippen molar-refractivity contribution in [2.75, 3.05) is 18.2 Å². The SMILES string of the molecule is C[C@H](NC(=O)[C@@H]1CC(=O)N(c2ccc3c(c2)OCO3)C1)C(=O)N[C@H]1CCCc2ccccc21. The lowest BCUT2D eigenvalue weighted by Crippen LogP contribution is -2.48. The molecule has 2 aromatic rings. The predicted octanol–water partition coefficient (Wildman–Crippen LogP) is 2.47. The highest BCUT2D eigenvalue weighted by Gasteiger charge is 2.37. The zero-order valence-corrected chi connectivity index (χ0v) is 18.5. The van der Waals surface area contributed by atoms with E-state index < -0.39 is 12.0 Å². The highest BCUT2D eigenvalue weighted by Crippen LogP contribution is 2.37. The van der Waals surface area contributed by atoms with Crippen molar-refractivity contribution in [1.29, 1.82) is 0 Å². The van der Waals surface area contributed by atoms with Gasteiger partial charge in [-0.3, -0.25) is 14.4 Å². The summed E-state index contributed by atoms with van der Waals surface area (Å²) in [6.07, 6.45) is 3.02. The number of ether oxygens (including phenoxy) is 2. The van der Waals surface area contributed by atoms with Crippen LogP contribution in [0.1, 0.15) is 43.4 Å². The Balaban J connectivity index is 1.18. The molecule has 0 radical (unpaired) electrons. The van der Waals surface area contributed by atoms with Crippen molar-refractivity contribution in [2.45, 2.75) is 44.7 Å². The van der Waals surface area contributed by atoms with Crippen LogP contribution in [0.25, 0.3) is 0 Å². The van der Waals surface area contributed by atoms with Gasteiger partial charge in [0.1, 0.15) is 6.04 Å². The number of nitrogens with one attached hydrogen (secondary N) is 2. The normalized spacial score (nSPS) is 22.0. The summed E-state index contributed by atoms with van der Waals surface area (Å²) in [6.45, 7) is 2.09. The summed E-state index contributed by atoms with van der Waals surface area (Å²) in [5.74, 6) is 0.0571. The molecule has 1 saturated heterocycles. The Labute approximate surface area is 192 Å². The van der Waals surface area contributed by atoms with E-state index in [1.54, 1.807) is 30.0 Å². The number of hydrogen-bond acceptors (Lipinski definition) is 5. The maximum atomic E-state index is 12.8. The first-order valence-corrected chi connectivity index (χ1v) is 11.4. The van der Waals surface area contributed by atoms with Gasteiger partial charge >= 0.3 is 0 Å². The van der Waals surface area contributed by atoms with E-state index in [9.17, 15) is 14.4 Å². The smallest absolute Gasteiger partial charge is 0.242 e. The molecular weight excluding hydrogens is 422 g/mol. The first kappa shape index (κ1) is 21.3. The highest BCUT2D eigenvalue weighted by molar-refractivity contribution is 6.01. The first-order valence-electron chi connectivity index (χ1n) is 11.4. The van der Waals surface area contributed by atoms with Gasteiger partial charge in [-0.25, -0.2) is 0 Å². The molecule has 2 heterocycles. The van der Waals surface area contributed by atoms with Crippen LogP contribution in [0.4, 0.5) is 5.69 Å². The van der Waals surface area contributed by atoms with Crippen molar-refractivity contribution < 1.29 is 23.9 Å². The Morgan fingerprint density at radius 1 is 1.12 bits per heavy atom. The van der Waals surface area contributed by atoms with Crippen LogP contribution < -0.4 is 25.0 Å². The van der Waals surface area contributed by atoms with Crippen LogP contribution in [0.5, 0.6) is 11.5 Å². The van der Waals surface area contributed by atoms with E-state index in [0.29, 0.717) is 17.2 Å². The molecule has 2 aliphatic heterocycles. The van der Waals surface area contributed by atoms with Crippen LogP contribution in [0.15, 0.2) is 42.5 Å². The lowest BCUT2D eigenvalue weighted by Gasteiger charge is -2.28. The zero-order chi connectivity index (χ0) is 22.9. The number of nitrogens with zero attached hydrogens (tertiary/aromatic N) is 1. The van der Waals surface area contributed by atoms with E-state index in [1.807, 2.05) is 12.1 Å². The van der Waals surface area contributed by atoms with Crippen molar-refractivity contribution in [3.05, 3.63) is 53.6 Å². The number of anilines is 1. The second-order valence-corrected chi connectivity index (χ2v) is 8.83.